The van der Waals surface area contributed by atoms with Gasteiger partial charge in [0.15, 0.2) is 9.84 Å². The van der Waals surface area contributed by atoms with Gasteiger partial charge in [0.05, 0.1) is 28.2 Å². The molecule has 12 heteroatoms. The van der Waals surface area contributed by atoms with Crippen molar-refractivity contribution in [2.75, 3.05) is 19.7 Å². The molecule has 2 heterocycles. The molecule has 0 saturated carbocycles. The van der Waals surface area contributed by atoms with E-state index in [2.05, 4.69) is 4.98 Å². The van der Waals surface area contributed by atoms with Crippen LogP contribution in [-0.2, 0) is 19.9 Å². The zero-order valence-corrected chi connectivity index (χ0v) is 18.1. The summed E-state index contributed by atoms with van der Waals surface area (Å²) in [4.78, 5) is 3.41. The van der Waals surface area contributed by atoms with Crippen molar-refractivity contribution in [2.45, 2.75) is 27.6 Å². The Labute approximate surface area is 179 Å². The monoisotopic (exact) mass is 471 g/mol. The third-order valence-corrected chi connectivity index (χ3v) is 9.49. The molecule has 1 saturated heterocycles. The predicted octanol–water partition coefficient (Wildman–Crippen LogP) is 0.485. The number of benzene rings is 1. The molecular weight excluding hydrogens is 454 g/mol. The van der Waals surface area contributed by atoms with Crippen LogP contribution in [-0.4, -0.2) is 66.9 Å². The van der Waals surface area contributed by atoms with E-state index in [1.807, 2.05) is 6.07 Å². The molecule has 30 heavy (non-hydrogen) atoms. The second-order valence-corrected chi connectivity index (χ2v) is 11.4. The molecule has 0 radical (unpaired) electrons. The number of hydrogen-bond acceptors (Lipinski definition) is 8. The average molecular weight is 472 g/mol. The summed E-state index contributed by atoms with van der Waals surface area (Å²) in [6.45, 7) is -0.535. The molecule has 1 aromatic heterocycles. The molecule has 0 amide bonds. The molecule has 9 nitrogen and oxygen atoms in total. The Morgan fingerprint density at radius 3 is 2.53 bits per heavy atom. The summed E-state index contributed by atoms with van der Waals surface area (Å²) in [6, 6.07) is 8.20. The van der Waals surface area contributed by atoms with Crippen molar-refractivity contribution in [2.24, 2.45) is 0 Å². The van der Waals surface area contributed by atoms with E-state index >= 15 is 0 Å². The van der Waals surface area contributed by atoms with Gasteiger partial charge in [0, 0.05) is 25.0 Å². The molecule has 2 atom stereocenters. The van der Waals surface area contributed by atoms with E-state index in [9.17, 15) is 27.0 Å². The zero-order chi connectivity index (χ0) is 22.3. The Morgan fingerprint density at radius 2 is 2.00 bits per heavy atom. The fourth-order valence-corrected chi connectivity index (χ4v) is 7.27. The molecule has 160 valence electrons. The van der Waals surface area contributed by atoms with Crippen LogP contribution in [0.4, 0.5) is 0 Å². The van der Waals surface area contributed by atoms with Crippen molar-refractivity contribution in [1.29, 1.82) is 5.26 Å². The van der Waals surface area contributed by atoms with E-state index in [1.54, 1.807) is 6.92 Å². The summed E-state index contributed by atoms with van der Waals surface area (Å²) in [5.74, 6) is 0. The largest absolute Gasteiger partial charge is 0.393 e. The first-order valence-corrected chi connectivity index (χ1v) is 12.0. The number of aryl methyl sites for hydroxylation is 1. The van der Waals surface area contributed by atoms with Crippen LogP contribution in [0.2, 0.25) is 5.02 Å². The number of β-amino-alcohol motifs (C(OH)–C–C–N with tert-alkyl or cyclic N) is 1. The lowest BCUT2D eigenvalue weighted by atomic mass is 10.1. The first-order valence-electron chi connectivity index (χ1n) is 8.65. The quantitative estimate of drug-likeness (QED) is 0.639. The summed E-state index contributed by atoms with van der Waals surface area (Å²) in [6.07, 6.45) is 1.12. The molecule has 1 fully saturated rings. The Morgan fingerprint density at radius 1 is 1.30 bits per heavy atom. The van der Waals surface area contributed by atoms with Crippen LogP contribution in [0.1, 0.15) is 11.3 Å². The fraction of sp³-hybridized carbons (Fsp3) is 0.333. The first kappa shape index (κ1) is 22.6. The van der Waals surface area contributed by atoms with E-state index in [0.717, 1.165) is 16.6 Å². The number of aliphatic hydroxyl groups excluding tert-OH is 1. The minimum absolute atomic E-state index is 0.152. The molecule has 0 bridgehead atoms. The lowest BCUT2D eigenvalue weighted by Gasteiger charge is -2.26. The van der Waals surface area contributed by atoms with E-state index in [0.29, 0.717) is 5.69 Å². The fourth-order valence-electron chi connectivity index (χ4n) is 3.25. The minimum atomic E-state index is -4.32. The highest BCUT2D eigenvalue weighted by molar-refractivity contribution is 7.92. The van der Waals surface area contributed by atoms with E-state index in [-0.39, 0.29) is 20.4 Å². The summed E-state index contributed by atoms with van der Waals surface area (Å²) in [7, 11) is -8.54. The molecule has 2 N–H and O–H groups in total. The van der Waals surface area contributed by atoms with Crippen LogP contribution in [0.25, 0.3) is 0 Å². The van der Waals surface area contributed by atoms with Crippen LogP contribution >= 0.6 is 11.6 Å². The number of aromatic nitrogens is 1. The highest BCUT2D eigenvalue weighted by Crippen LogP contribution is 2.36. The van der Waals surface area contributed by atoms with Crippen LogP contribution < -0.4 is 0 Å². The molecule has 0 aliphatic carbocycles. The highest BCUT2D eigenvalue weighted by atomic mass is 35.5. The Hall–Kier alpha value is -2.07. The van der Waals surface area contributed by atoms with Gasteiger partial charge in [-0.15, -0.1) is 0 Å². The maximum Gasteiger partial charge on any atom is 0.244 e. The maximum atomic E-state index is 13.1. The lowest BCUT2D eigenvalue weighted by molar-refractivity contribution is 0.00160. The number of rotatable bonds is 5. The third-order valence-electron chi connectivity index (χ3n) is 4.96. The van der Waals surface area contributed by atoms with Crippen LogP contribution in [0.5, 0.6) is 0 Å². The third kappa shape index (κ3) is 3.82. The van der Waals surface area contributed by atoms with Crippen molar-refractivity contribution >= 4 is 31.5 Å². The van der Waals surface area contributed by atoms with Crippen LogP contribution in [0.15, 0.2) is 46.3 Å². The van der Waals surface area contributed by atoms with Crippen molar-refractivity contribution in [1.82, 2.24) is 9.29 Å². The van der Waals surface area contributed by atoms with Crippen molar-refractivity contribution in [3.63, 3.8) is 0 Å². The first-order chi connectivity index (χ1) is 14.0. The van der Waals surface area contributed by atoms with Gasteiger partial charge in [0.25, 0.3) is 0 Å². The standard InChI is InChI=1S/C18H18ClN3O6S2/c1-12-2-4-14(8-21-12)29(25,26)17-9-22(10-18(17,24)11-23)30(27,28)16-5-3-13(7-20)6-15(16)19/h2-6,8,17,23-24H,9-11H2,1H3/t17-,18+/m0/s1. The minimum Gasteiger partial charge on any atom is -0.393 e. The van der Waals surface area contributed by atoms with Gasteiger partial charge in [-0.25, -0.2) is 16.8 Å². The number of pyridine rings is 1. The van der Waals surface area contributed by atoms with Crippen LogP contribution in [0.3, 0.4) is 0 Å². The average Bonchev–Trinajstić information content (AvgIpc) is 3.08. The number of aliphatic hydroxyl groups is 2. The molecule has 1 aliphatic heterocycles. The Balaban J connectivity index is 2.02. The molecule has 0 spiro atoms. The number of nitrogens with zero attached hydrogens (tertiary/aromatic N) is 3. The number of nitriles is 1. The van der Waals surface area contributed by atoms with Gasteiger partial charge in [-0.05, 0) is 37.3 Å². The van der Waals surface area contributed by atoms with Gasteiger partial charge in [0.1, 0.15) is 15.7 Å². The van der Waals surface area contributed by atoms with Gasteiger partial charge in [-0.3, -0.25) is 4.98 Å². The maximum absolute atomic E-state index is 13.1. The summed E-state index contributed by atoms with van der Waals surface area (Å²) < 4.78 is 53.1. The van der Waals surface area contributed by atoms with Crippen LogP contribution in [0, 0.1) is 18.3 Å². The van der Waals surface area contributed by atoms with Gasteiger partial charge in [-0.1, -0.05) is 11.6 Å². The normalized spacial score (nSPS) is 22.7. The van der Waals surface area contributed by atoms with Crippen molar-refractivity contribution in [3.8, 4) is 6.07 Å². The van der Waals surface area contributed by atoms with Gasteiger partial charge >= 0.3 is 0 Å². The number of halogens is 1. The van der Waals surface area contributed by atoms with Gasteiger partial charge in [0.2, 0.25) is 10.0 Å². The molecule has 1 aromatic carbocycles. The second kappa shape index (κ2) is 7.88. The van der Waals surface area contributed by atoms with Gasteiger partial charge in [-0.2, -0.15) is 9.57 Å². The Kier molecular flexibility index (Phi) is 5.94. The van der Waals surface area contributed by atoms with E-state index in [4.69, 9.17) is 16.9 Å². The Bertz CT molecular complexity index is 1230. The van der Waals surface area contributed by atoms with Gasteiger partial charge < -0.3 is 10.2 Å². The molecule has 2 aromatic rings. The van der Waals surface area contributed by atoms with Crippen molar-refractivity contribution in [3.05, 3.63) is 52.8 Å². The second-order valence-electron chi connectivity index (χ2n) is 6.99. The predicted molar refractivity (Wildman–Crippen MR) is 107 cm³/mol. The highest BCUT2D eigenvalue weighted by Gasteiger charge is 2.55. The summed E-state index contributed by atoms with van der Waals surface area (Å²) in [5, 5.41) is 27.6. The lowest BCUT2D eigenvalue weighted by Crippen LogP contribution is -2.49. The molecular formula is C18H18ClN3O6S2. The smallest absolute Gasteiger partial charge is 0.244 e. The zero-order valence-electron chi connectivity index (χ0n) is 15.7. The van der Waals surface area contributed by atoms with E-state index in [1.165, 1.54) is 24.3 Å². The number of sulfonamides is 1. The topological polar surface area (TPSA) is 149 Å². The number of sulfone groups is 1. The molecule has 3 rings (SSSR count). The molecule has 1 aliphatic rings. The van der Waals surface area contributed by atoms with E-state index < -0.39 is 50.4 Å². The SMILES string of the molecule is Cc1ccc(S(=O)(=O)[C@H]2CN(S(=O)(=O)c3ccc(C#N)cc3Cl)C[C@@]2(O)CO)cn1. The summed E-state index contributed by atoms with van der Waals surface area (Å²) >= 11 is 6.02. The van der Waals surface area contributed by atoms with Crippen molar-refractivity contribution < 1.29 is 27.0 Å². The molecule has 0 unspecified atom stereocenters. The summed E-state index contributed by atoms with van der Waals surface area (Å²) in [5.41, 5.74) is -1.49. The number of hydrogen-bond donors (Lipinski definition) is 2.